The first-order valence-corrected chi connectivity index (χ1v) is 16.5. The van der Waals surface area contributed by atoms with E-state index in [9.17, 15) is 24.0 Å². The minimum absolute atomic E-state index is 0.0100. The molecule has 3 aromatic rings. The van der Waals surface area contributed by atoms with Gasteiger partial charge < -0.3 is 4.74 Å². The smallest absolute Gasteiger partial charge is 0.345 e. The zero-order chi connectivity index (χ0) is 31.4. The maximum atomic E-state index is 13.8. The highest BCUT2D eigenvalue weighted by molar-refractivity contribution is 9.12. The molecule has 6 atom stereocenters. The number of hydrazine groups is 1. The van der Waals surface area contributed by atoms with E-state index in [-0.39, 0.29) is 49.0 Å². The molecule has 0 aromatic heterocycles. The maximum absolute atomic E-state index is 13.8. The average Bonchev–Trinajstić information content (AvgIpc) is 3.61. The fourth-order valence-corrected chi connectivity index (χ4v) is 8.78. The van der Waals surface area contributed by atoms with E-state index in [2.05, 4.69) is 31.9 Å². The molecule has 3 aromatic carbocycles. The van der Waals surface area contributed by atoms with Crippen LogP contribution in [0, 0.1) is 23.7 Å². The van der Waals surface area contributed by atoms with Gasteiger partial charge in [0.05, 0.1) is 22.4 Å². The zero-order valence-corrected chi connectivity index (χ0v) is 27.9. The van der Waals surface area contributed by atoms with Crippen LogP contribution < -0.4 is 4.74 Å². The van der Waals surface area contributed by atoms with Crippen LogP contribution in [-0.2, 0) is 9.59 Å². The normalized spacial score (nSPS) is 25.2. The highest BCUT2D eigenvalue weighted by Gasteiger charge is 2.67. The summed E-state index contributed by atoms with van der Waals surface area (Å²) < 4.78 is 5.38. The number of esters is 1. The van der Waals surface area contributed by atoms with Gasteiger partial charge >= 0.3 is 5.97 Å². The summed E-state index contributed by atoms with van der Waals surface area (Å²) in [5.41, 5.74) is 0.439. The number of alkyl halides is 2. The molecular weight excluding hydrogens is 763 g/mol. The van der Waals surface area contributed by atoms with E-state index >= 15 is 0 Å². The Balaban J connectivity index is 1.24. The van der Waals surface area contributed by atoms with Gasteiger partial charge in [-0.1, -0.05) is 66.7 Å². The van der Waals surface area contributed by atoms with Crippen LogP contribution in [0.15, 0.2) is 66.7 Å². The molecule has 2 saturated carbocycles. The Hall–Kier alpha value is -2.76. The van der Waals surface area contributed by atoms with Crippen molar-refractivity contribution in [2.24, 2.45) is 23.7 Å². The Morgan fingerprint density at radius 2 is 1.34 bits per heavy atom. The summed E-state index contributed by atoms with van der Waals surface area (Å²) in [6.45, 7) is -0.581. The van der Waals surface area contributed by atoms with Crippen molar-refractivity contribution >= 4 is 96.1 Å². The number of Topliss-reactive ketones (excluding diaryl/α,β-unsaturated/α-hetero) is 1. The van der Waals surface area contributed by atoms with Crippen LogP contribution in [0.1, 0.15) is 37.5 Å². The summed E-state index contributed by atoms with van der Waals surface area (Å²) in [7, 11) is 0. The molecule has 0 spiro atoms. The number of rotatable bonds is 7. The van der Waals surface area contributed by atoms with Crippen LogP contribution in [0.3, 0.4) is 0 Å². The Labute approximate surface area is 283 Å². The Kier molecular flexibility index (Phi) is 8.67. The third-order valence-corrected chi connectivity index (χ3v) is 12.4. The van der Waals surface area contributed by atoms with Gasteiger partial charge in [-0.05, 0) is 85.0 Å². The van der Waals surface area contributed by atoms with Gasteiger partial charge in [-0.2, -0.15) is 5.01 Å². The Bertz CT molecular complexity index is 1670. The third-order valence-electron chi connectivity index (χ3n) is 8.36. The zero-order valence-electron chi connectivity index (χ0n) is 22.5. The standard InChI is InChI=1S/C31H21Br2Cl3N2O6/c32-26-20-12-21(27(26)33)25-24(20)29(41)38(30(25)42)37(28(40)15-1-5-16(34)6-2-15)13-23(39)14-3-8-18(9-4-14)44-31(43)19-10-7-17(35)11-22(19)36/h1-11,20-21,24-27H,12-13H2/t20-,21-,24-,25+,26+,27+/m1/s1. The number of hydrogen-bond acceptors (Lipinski definition) is 6. The van der Waals surface area contributed by atoms with Crippen LogP contribution in [0.4, 0.5) is 0 Å². The number of ether oxygens (including phenoxy) is 1. The lowest BCUT2D eigenvalue weighted by Crippen LogP contribution is -2.52. The first kappa shape index (κ1) is 31.2. The summed E-state index contributed by atoms with van der Waals surface area (Å²) in [5, 5.41) is 2.68. The van der Waals surface area contributed by atoms with E-state index in [0.717, 1.165) is 16.4 Å². The summed E-state index contributed by atoms with van der Waals surface area (Å²) in [6, 6.07) is 16.0. The number of nitrogens with zero attached hydrogens (tertiary/aromatic N) is 2. The Morgan fingerprint density at radius 3 is 1.91 bits per heavy atom. The van der Waals surface area contributed by atoms with Crippen LogP contribution >= 0.6 is 66.7 Å². The van der Waals surface area contributed by atoms with Crippen molar-refractivity contribution in [2.75, 3.05) is 6.54 Å². The molecule has 3 fully saturated rings. The molecular formula is C31H21Br2Cl3N2O6. The molecule has 1 heterocycles. The summed E-state index contributed by atoms with van der Waals surface area (Å²) in [4.78, 5) is 67.4. The van der Waals surface area contributed by atoms with Gasteiger partial charge in [-0.15, -0.1) is 0 Å². The van der Waals surface area contributed by atoms with E-state index in [1.54, 1.807) is 0 Å². The number of benzene rings is 3. The molecule has 3 aliphatic rings. The molecule has 3 amide bonds. The van der Waals surface area contributed by atoms with E-state index in [0.29, 0.717) is 10.0 Å². The average molecular weight is 784 g/mol. The number of fused-ring (bicyclic) bond motifs is 5. The number of halogens is 5. The summed E-state index contributed by atoms with van der Waals surface area (Å²) >= 11 is 25.3. The Morgan fingerprint density at radius 1 is 0.795 bits per heavy atom. The molecule has 0 radical (unpaired) electrons. The molecule has 226 valence electrons. The van der Waals surface area contributed by atoms with Crippen LogP contribution in [0.5, 0.6) is 5.75 Å². The van der Waals surface area contributed by atoms with Crippen LogP contribution in [0.25, 0.3) is 0 Å². The van der Waals surface area contributed by atoms with Crippen molar-refractivity contribution in [1.82, 2.24) is 10.0 Å². The second kappa shape index (κ2) is 12.2. The molecule has 8 nitrogen and oxygen atoms in total. The number of imide groups is 1. The summed E-state index contributed by atoms with van der Waals surface area (Å²) in [5.74, 6) is -4.09. The number of carbonyl (C=O) groups is 5. The molecule has 2 bridgehead atoms. The molecule has 1 aliphatic heterocycles. The first-order chi connectivity index (χ1) is 21.0. The quantitative estimate of drug-likeness (QED) is 0.0852. The SMILES string of the molecule is O=C(CN(C(=O)c1ccc(Cl)cc1)N1C(=O)[C@@H]2[C@H]3C[C@@H]([C@H](Br)[C@H]3Br)[C@@H]2C1=O)c1ccc(OC(=O)c2ccc(Cl)cc2Cl)cc1. The topological polar surface area (TPSA) is 101 Å². The second-order valence-electron chi connectivity index (χ2n) is 10.8. The number of ketones is 1. The van der Waals surface area contributed by atoms with Gasteiger partial charge in [-0.3, -0.25) is 19.2 Å². The highest BCUT2D eigenvalue weighted by atomic mass is 79.9. The van der Waals surface area contributed by atoms with Crippen LogP contribution in [-0.4, -0.2) is 55.7 Å². The van der Waals surface area contributed by atoms with Gasteiger partial charge in [0.15, 0.2) is 5.78 Å². The second-order valence-corrected chi connectivity index (χ2v) is 14.2. The van der Waals surface area contributed by atoms with Crippen molar-refractivity contribution < 1.29 is 28.7 Å². The van der Waals surface area contributed by atoms with Gasteiger partial charge in [0.2, 0.25) is 0 Å². The monoisotopic (exact) mass is 780 g/mol. The molecule has 0 unspecified atom stereocenters. The van der Waals surface area contributed by atoms with Crippen molar-refractivity contribution in [1.29, 1.82) is 0 Å². The number of carbonyl (C=O) groups excluding carboxylic acids is 5. The number of hydrogen-bond donors (Lipinski definition) is 0. The fraction of sp³-hybridized carbons (Fsp3) is 0.258. The minimum atomic E-state index is -0.715. The molecule has 44 heavy (non-hydrogen) atoms. The van der Waals surface area contributed by atoms with E-state index < -0.39 is 47.9 Å². The predicted octanol–water partition coefficient (Wildman–Crippen LogP) is 6.88. The molecule has 2 aliphatic carbocycles. The molecule has 1 saturated heterocycles. The van der Waals surface area contributed by atoms with Gasteiger partial charge in [0.25, 0.3) is 17.7 Å². The largest absolute Gasteiger partial charge is 0.423 e. The van der Waals surface area contributed by atoms with Crippen LogP contribution in [0.2, 0.25) is 15.1 Å². The predicted molar refractivity (Wildman–Crippen MR) is 171 cm³/mol. The van der Waals surface area contributed by atoms with Gasteiger partial charge in [0.1, 0.15) is 12.3 Å². The first-order valence-electron chi connectivity index (χ1n) is 13.5. The lowest BCUT2D eigenvalue weighted by atomic mass is 9.81. The third kappa shape index (κ3) is 5.49. The number of amides is 3. The summed E-state index contributed by atoms with van der Waals surface area (Å²) in [6.07, 6.45) is 0.720. The highest BCUT2D eigenvalue weighted by Crippen LogP contribution is 2.60. The van der Waals surface area contributed by atoms with E-state index in [1.165, 1.54) is 66.7 Å². The van der Waals surface area contributed by atoms with E-state index in [4.69, 9.17) is 39.5 Å². The molecule has 13 heteroatoms. The minimum Gasteiger partial charge on any atom is -0.423 e. The van der Waals surface area contributed by atoms with E-state index in [1.807, 2.05) is 0 Å². The molecule has 0 N–H and O–H groups in total. The van der Waals surface area contributed by atoms with Crippen molar-refractivity contribution in [3.05, 3.63) is 98.5 Å². The fourth-order valence-electron chi connectivity index (χ4n) is 6.30. The van der Waals surface area contributed by atoms with Crippen molar-refractivity contribution in [3.8, 4) is 5.75 Å². The lowest BCUT2D eigenvalue weighted by Gasteiger charge is -2.31. The van der Waals surface area contributed by atoms with Gasteiger partial charge in [0, 0.05) is 30.8 Å². The lowest BCUT2D eigenvalue weighted by molar-refractivity contribution is -0.154. The maximum Gasteiger partial charge on any atom is 0.345 e. The van der Waals surface area contributed by atoms with Crippen molar-refractivity contribution in [3.63, 3.8) is 0 Å². The molecule has 6 rings (SSSR count). The van der Waals surface area contributed by atoms with Gasteiger partial charge in [-0.25, -0.2) is 9.80 Å². The van der Waals surface area contributed by atoms with Crippen molar-refractivity contribution in [2.45, 2.75) is 16.1 Å².